The third-order valence-electron chi connectivity index (χ3n) is 5.12. The molecule has 5 N–H and O–H groups in total. The van der Waals surface area contributed by atoms with Crippen LogP contribution in [0.4, 0.5) is 17.1 Å². The van der Waals surface area contributed by atoms with E-state index in [2.05, 4.69) is 10.2 Å². The van der Waals surface area contributed by atoms with Crippen molar-refractivity contribution in [1.82, 2.24) is 0 Å². The summed E-state index contributed by atoms with van der Waals surface area (Å²) in [6.45, 7) is 6.19. The van der Waals surface area contributed by atoms with E-state index in [-0.39, 0.29) is 28.6 Å². The molecule has 0 aliphatic rings. The molecule has 3 aromatic carbocycles. The molecule has 0 saturated carbocycles. The number of aliphatic hydroxyl groups is 1. The van der Waals surface area contributed by atoms with Gasteiger partial charge in [0.1, 0.15) is 32.6 Å². The van der Waals surface area contributed by atoms with E-state index < -0.39 is 15.1 Å². The van der Waals surface area contributed by atoms with Gasteiger partial charge in [-0.3, -0.25) is 0 Å². The fraction of sp³-hybridized carbons (Fsp3) is 0.280. The highest BCUT2D eigenvalue weighted by Gasteiger charge is 2.22. The van der Waals surface area contributed by atoms with E-state index in [1.807, 2.05) is 20.8 Å². The number of nitrogens with two attached hydrogens (primary N) is 1. The Hall–Kier alpha value is -3.43. The Kier molecular flexibility index (Phi) is 7.58. The first-order chi connectivity index (χ1) is 16.0. The van der Waals surface area contributed by atoms with Crippen LogP contribution in [0.1, 0.15) is 32.8 Å². The van der Waals surface area contributed by atoms with E-state index in [0.29, 0.717) is 34.9 Å². The second-order valence-corrected chi connectivity index (χ2v) is 10.9. The number of azo groups is 1. The van der Waals surface area contributed by atoms with Gasteiger partial charge in [0.25, 0.3) is 0 Å². The van der Waals surface area contributed by atoms with Gasteiger partial charge in [0.2, 0.25) is 0 Å². The Morgan fingerprint density at radius 3 is 2.32 bits per heavy atom. The SMILES string of the molecule is CC(C)(C)c1cc(OCCCO)cc(N=Nc2cc(S(=N)(=O)c3ccccc3)ccc2N)c1O. The van der Waals surface area contributed by atoms with Crippen molar-refractivity contribution in [2.75, 3.05) is 18.9 Å². The molecule has 0 heterocycles. The number of rotatable bonds is 8. The fourth-order valence-corrected chi connectivity index (χ4v) is 4.57. The number of phenolic OH excluding ortho intramolecular Hbond substituents is 1. The Labute approximate surface area is 200 Å². The van der Waals surface area contributed by atoms with E-state index in [4.69, 9.17) is 20.4 Å². The van der Waals surface area contributed by atoms with Crippen LogP contribution in [0.3, 0.4) is 0 Å². The first-order valence-corrected chi connectivity index (χ1v) is 12.4. The minimum atomic E-state index is -3.26. The van der Waals surface area contributed by atoms with Crippen LogP contribution in [0.2, 0.25) is 0 Å². The molecule has 0 saturated heterocycles. The first-order valence-electron chi connectivity index (χ1n) is 10.8. The molecule has 0 aromatic heterocycles. The van der Waals surface area contributed by atoms with Gasteiger partial charge in [-0.2, -0.15) is 0 Å². The lowest BCUT2D eigenvalue weighted by molar-refractivity contribution is 0.233. The Morgan fingerprint density at radius 2 is 1.68 bits per heavy atom. The van der Waals surface area contributed by atoms with Gasteiger partial charge in [-0.1, -0.05) is 39.0 Å². The minimum absolute atomic E-state index is 0.00850. The van der Waals surface area contributed by atoms with Crippen molar-refractivity contribution in [3.8, 4) is 11.5 Å². The third kappa shape index (κ3) is 5.73. The van der Waals surface area contributed by atoms with Crippen molar-refractivity contribution in [3.63, 3.8) is 0 Å². The summed E-state index contributed by atoms with van der Waals surface area (Å²) < 4.78 is 27.3. The number of phenols is 1. The lowest BCUT2D eigenvalue weighted by atomic mass is 9.86. The molecule has 34 heavy (non-hydrogen) atoms. The molecule has 0 aliphatic heterocycles. The summed E-state index contributed by atoms with van der Waals surface area (Å²) >= 11 is 0. The first kappa shape index (κ1) is 25.2. The second kappa shape index (κ2) is 10.2. The number of anilines is 1. The van der Waals surface area contributed by atoms with Gasteiger partial charge < -0.3 is 20.7 Å². The molecule has 1 unspecified atom stereocenters. The normalized spacial score (nSPS) is 13.6. The van der Waals surface area contributed by atoms with Crippen molar-refractivity contribution in [2.24, 2.45) is 10.2 Å². The predicted octanol–water partition coefficient (Wildman–Crippen LogP) is 5.91. The smallest absolute Gasteiger partial charge is 0.147 e. The summed E-state index contributed by atoms with van der Waals surface area (Å²) in [7, 11) is -3.26. The van der Waals surface area contributed by atoms with Gasteiger partial charge in [-0.25, -0.2) is 8.99 Å². The van der Waals surface area contributed by atoms with Crippen LogP contribution >= 0.6 is 0 Å². The number of nitrogens with one attached hydrogen (secondary N) is 1. The molecular weight excluding hydrogens is 452 g/mol. The number of ether oxygens (including phenoxy) is 1. The number of hydrogen-bond acceptors (Lipinski definition) is 8. The zero-order valence-electron chi connectivity index (χ0n) is 19.5. The second-order valence-electron chi connectivity index (χ2n) is 8.80. The van der Waals surface area contributed by atoms with E-state index in [9.17, 15) is 9.32 Å². The average molecular weight is 483 g/mol. The van der Waals surface area contributed by atoms with E-state index in [1.165, 1.54) is 12.1 Å². The highest BCUT2D eigenvalue weighted by atomic mass is 32.2. The van der Waals surface area contributed by atoms with Crippen LogP contribution in [0.5, 0.6) is 11.5 Å². The van der Waals surface area contributed by atoms with Crippen molar-refractivity contribution >= 4 is 26.8 Å². The number of aliphatic hydroxyl groups excluding tert-OH is 1. The van der Waals surface area contributed by atoms with Crippen LogP contribution < -0.4 is 10.5 Å². The van der Waals surface area contributed by atoms with Gasteiger partial charge in [-0.05, 0) is 41.8 Å². The Balaban J connectivity index is 2.02. The maximum Gasteiger partial charge on any atom is 0.147 e. The van der Waals surface area contributed by atoms with Crippen molar-refractivity contribution < 1.29 is 19.2 Å². The number of benzene rings is 3. The summed E-state index contributed by atoms with van der Waals surface area (Å²) in [5.41, 5.74) is 7.01. The molecule has 180 valence electrons. The molecule has 3 rings (SSSR count). The third-order valence-corrected chi connectivity index (χ3v) is 6.97. The molecule has 0 radical (unpaired) electrons. The highest BCUT2D eigenvalue weighted by molar-refractivity contribution is 7.92. The molecule has 0 bridgehead atoms. The lowest BCUT2D eigenvalue weighted by Crippen LogP contribution is -2.12. The molecular formula is C25H30N4O4S. The molecule has 3 aromatic rings. The van der Waals surface area contributed by atoms with E-state index in [1.54, 1.807) is 48.5 Å². The van der Waals surface area contributed by atoms with E-state index >= 15 is 0 Å². The summed E-state index contributed by atoms with van der Waals surface area (Å²) in [6.07, 6.45) is 0.472. The molecule has 0 fully saturated rings. The summed E-state index contributed by atoms with van der Waals surface area (Å²) in [6, 6.07) is 16.4. The Bertz CT molecular complexity index is 1280. The maximum absolute atomic E-state index is 13.2. The maximum atomic E-state index is 13.2. The lowest BCUT2D eigenvalue weighted by Gasteiger charge is -2.22. The quantitative estimate of drug-likeness (QED) is 0.179. The highest BCUT2D eigenvalue weighted by Crippen LogP contribution is 2.42. The van der Waals surface area contributed by atoms with Crippen molar-refractivity contribution in [1.29, 1.82) is 4.78 Å². The largest absolute Gasteiger partial charge is 0.505 e. The topological polar surface area (TPSA) is 141 Å². The van der Waals surface area contributed by atoms with Gasteiger partial charge in [0.05, 0.1) is 22.1 Å². The standard InChI is InChI=1S/C25H30N4O4S/c1-25(2,3)20-14-17(33-13-7-12-30)15-23(24(20)31)29-28-22-16-19(10-11-21(22)26)34(27,32)18-8-5-4-6-9-18/h4-6,8-11,14-16,27,30-31H,7,12-13,26H2,1-3H3. The van der Waals surface area contributed by atoms with Crippen molar-refractivity contribution in [2.45, 2.75) is 42.4 Å². The molecule has 1 atom stereocenters. The van der Waals surface area contributed by atoms with Crippen LogP contribution in [0.25, 0.3) is 0 Å². The summed E-state index contributed by atoms with van der Waals surface area (Å²) in [4.78, 5) is 0.630. The molecule has 0 spiro atoms. The predicted molar refractivity (Wildman–Crippen MR) is 133 cm³/mol. The van der Waals surface area contributed by atoms with E-state index in [0.717, 1.165) is 0 Å². The zero-order chi connectivity index (χ0) is 24.9. The number of nitrogen functional groups attached to an aromatic ring is 1. The Morgan fingerprint density at radius 1 is 1.00 bits per heavy atom. The van der Waals surface area contributed by atoms with Crippen molar-refractivity contribution in [3.05, 3.63) is 66.2 Å². The molecule has 0 aliphatic carbocycles. The van der Waals surface area contributed by atoms with Crippen LogP contribution in [-0.4, -0.2) is 27.6 Å². The van der Waals surface area contributed by atoms with Gasteiger partial charge in [-0.15, -0.1) is 10.2 Å². The number of hydrogen-bond donors (Lipinski definition) is 4. The van der Waals surface area contributed by atoms with Gasteiger partial charge >= 0.3 is 0 Å². The summed E-state index contributed by atoms with van der Waals surface area (Å²) in [5.74, 6) is 0.458. The average Bonchev–Trinajstić information content (AvgIpc) is 2.79. The molecule has 9 heteroatoms. The number of nitrogens with zero attached hydrogens (tertiary/aromatic N) is 2. The molecule has 8 nitrogen and oxygen atoms in total. The zero-order valence-corrected chi connectivity index (χ0v) is 20.3. The van der Waals surface area contributed by atoms with Crippen LogP contribution in [0, 0.1) is 4.78 Å². The van der Waals surface area contributed by atoms with Crippen LogP contribution in [-0.2, 0) is 15.1 Å². The minimum Gasteiger partial charge on any atom is -0.505 e. The van der Waals surface area contributed by atoms with Gasteiger partial charge in [0, 0.05) is 24.7 Å². The van der Waals surface area contributed by atoms with Crippen LogP contribution in [0.15, 0.2) is 80.7 Å². The molecule has 0 amide bonds. The summed E-state index contributed by atoms with van der Waals surface area (Å²) in [5, 5.41) is 28.3. The monoisotopic (exact) mass is 482 g/mol. The number of aromatic hydroxyl groups is 1. The van der Waals surface area contributed by atoms with Gasteiger partial charge in [0.15, 0.2) is 0 Å². The fourth-order valence-electron chi connectivity index (χ4n) is 3.22.